The maximum atomic E-state index is 12.6. The van der Waals surface area contributed by atoms with Crippen molar-refractivity contribution >= 4 is 23.5 Å². The molecule has 0 aromatic heterocycles. The highest BCUT2D eigenvalue weighted by molar-refractivity contribution is 6.07. The Kier molecular flexibility index (Phi) is 7.60. The van der Waals surface area contributed by atoms with E-state index < -0.39 is 5.97 Å². The van der Waals surface area contributed by atoms with Gasteiger partial charge in [-0.2, -0.15) is 0 Å². The second-order valence-corrected chi connectivity index (χ2v) is 7.81. The lowest BCUT2D eigenvalue weighted by Crippen LogP contribution is -2.38. The largest absolute Gasteiger partial charge is 0.465 e. The molecular weight excluding hydrogens is 392 g/mol. The third-order valence-corrected chi connectivity index (χ3v) is 5.56. The van der Waals surface area contributed by atoms with Crippen LogP contribution in [0.4, 0.5) is 5.69 Å². The summed E-state index contributed by atoms with van der Waals surface area (Å²) in [6, 6.07) is 16.8. The number of methoxy groups -OCH3 is 1. The zero-order valence-electron chi connectivity index (χ0n) is 18.0. The normalized spacial score (nSPS) is 14.8. The van der Waals surface area contributed by atoms with Gasteiger partial charge in [0.1, 0.15) is 0 Å². The van der Waals surface area contributed by atoms with Crippen molar-refractivity contribution in [3.8, 4) is 0 Å². The highest BCUT2D eigenvalue weighted by Gasteiger charge is 2.22. The molecule has 6 nitrogen and oxygen atoms in total. The monoisotopic (exact) mass is 420 g/mol. The van der Waals surface area contributed by atoms with Crippen molar-refractivity contribution < 1.29 is 19.1 Å². The number of likely N-dealkylation sites (tertiary alicyclic amines) is 1. The third kappa shape index (κ3) is 6.28. The second-order valence-electron chi connectivity index (χ2n) is 7.81. The predicted molar refractivity (Wildman–Crippen MR) is 120 cm³/mol. The number of nitrogens with zero attached hydrogens (tertiary/aromatic N) is 1. The van der Waals surface area contributed by atoms with Gasteiger partial charge in [-0.3, -0.25) is 9.59 Å². The minimum absolute atomic E-state index is 0.133. The minimum Gasteiger partial charge on any atom is -0.465 e. The fourth-order valence-corrected chi connectivity index (χ4v) is 3.68. The molecule has 0 atom stereocenters. The number of rotatable bonds is 6. The van der Waals surface area contributed by atoms with E-state index in [0.717, 1.165) is 19.3 Å². The molecule has 2 amide bonds. The van der Waals surface area contributed by atoms with Gasteiger partial charge in [0, 0.05) is 30.4 Å². The average molecular weight is 421 g/mol. The highest BCUT2D eigenvalue weighted by Crippen LogP contribution is 2.22. The van der Waals surface area contributed by atoms with E-state index in [2.05, 4.69) is 34.3 Å². The third-order valence-electron chi connectivity index (χ3n) is 5.56. The molecule has 31 heavy (non-hydrogen) atoms. The number of carbonyl (C=O) groups is 3. The number of amides is 2. The van der Waals surface area contributed by atoms with Crippen molar-refractivity contribution in [2.45, 2.75) is 26.2 Å². The summed E-state index contributed by atoms with van der Waals surface area (Å²) in [4.78, 5) is 38.3. The molecule has 1 heterocycles. The molecule has 0 bridgehead atoms. The Balaban J connectivity index is 1.50. The van der Waals surface area contributed by atoms with Crippen molar-refractivity contribution in [2.75, 3.05) is 25.5 Å². The van der Waals surface area contributed by atoms with Gasteiger partial charge in [-0.1, -0.05) is 30.3 Å². The van der Waals surface area contributed by atoms with Crippen LogP contribution < -0.4 is 5.32 Å². The minimum atomic E-state index is -0.438. The highest BCUT2D eigenvalue weighted by atomic mass is 16.5. The molecule has 0 radical (unpaired) electrons. The molecule has 1 aliphatic rings. The lowest BCUT2D eigenvalue weighted by Gasteiger charge is -2.31. The van der Waals surface area contributed by atoms with E-state index in [4.69, 9.17) is 0 Å². The van der Waals surface area contributed by atoms with Crippen LogP contribution in [-0.4, -0.2) is 42.9 Å². The Morgan fingerprint density at radius 2 is 1.68 bits per heavy atom. The van der Waals surface area contributed by atoms with Gasteiger partial charge in [-0.25, -0.2) is 4.79 Å². The first kappa shape index (κ1) is 22.3. The van der Waals surface area contributed by atoms with Crippen LogP contribution in [-0.2, 0) is 20.7 Å². The molecular formula is C25H28N2O4. The number of nitrogens with one attached hydrogen (secondary N) is 1. The van der Waals surface area contributed by atoms with Crippen LogP contribution in [0.25, 0.3) is 0 Å². The van der Waals surface area contributed by atoms with Crippen molar-refractivity contribution in [2.24, 2.45) is 5.92 Å². The summed E-state index contributed by atoms with van der Waals surface area (Å²) >= 11 is 0. The molecule has 0 aliphatic carbocycles. The SMILES string of the molecule is COC(=O)c1ccc(NC(=O)/C(C)=C/C(=O)N2CCC(Cc3ccccc3)CC2)cc1. The fourth-order valence-electron chi connectivity index (χ4n) is 3.68. The molecule has 1 aliphatic heterocycles. The molecule has 0 saturated carbocycles. The summed E-state index contributed by atoms with van der Waals surface area (Å²) in [5.41, 5.74) is 2.62. The summed E-state index contributed by atoms with van der Waals surface area (Å²) in [5, 5.41) is 2.74. The van der Waals surface area contributed by atoms with E-state index in [1.807, 2.05) is 11.0 Å². The first-order valence-corrected chi connectivity index (χ1v) is 10.5. The number of hydrogen-bond donors (Lipinski definition) is 1. The van der Waals surface area contributed by atoms with Gasteiger partial charge in [0.2, 0.25) is 5.91 Å². The van der Waals surface area contributed by atoms with Crippen LogP contribution in [0, 0.1) is 5.92 Å². The molecule has 1 fully saturated rings. The van der Waals surface area contributed by atoms with Gasteiger partial charge in [-0.15, -0.1) is 0 Å². The number of esters is 1. The maximum absolute atomic E-state index is 12.6. The van der Waals surface area contributed by atoms with E-state index in [9.17, 15) is 14.4 Å². The topological polar surface area (TPSA) is 75.7 Å². The molecule has 3 rings (SSSR count). The Labute approximate surface area is 182 Å². The van der Waals surface area contributed by atoms with Crippen LogP contribution in [0.3, 0.4) is 0 Å². The van der Waals surface area contributed by atoms with Gasteiger partial charge in [0.05, 0.1) is 12.7 Å². The Bertz CT molecular complexity index is 943. The molecule has 0 unspecified atom stereocenters. The van der Waals surface area contributed by atoms with Crippen molar-refractivity contribution in [3.05, 3.63) is 77.4 Å². The number of benzene rings is 2. The van der Waals surface area contributed by atoms with Gasteiger partial charge in [-0.05, 0) is 61.9 Å². The molecule has 162 valence electrons. The smallest absolute Gasteiger partial charge is 0.337 e. The number of piperidine rings is 1. The molecule has 6 heteroatoms. The predicted octanol–water partition coefficient (Wildman–Crippen LogP) is 3.84. The van der Waals surface area contributed by atoms with E-state index in [-0.39, 0.29) is 11.8 Å². The van der Waals surface area contributed by atoms with E-state index in [0.29, 0.717) is 35.8 Å². The molecule has 2 aromatic carbocycles. The quantitative estimate of drug-likeness (QED) is 0.569. The molecule has 1 saturated heterocycles. The fraction of sp³-hybridized carbons (Fsp3) is 0.320. The van der Waals surface area contributed by atoms with Crippen LogP contribution in [0.15, 0.2) is 66.2 Å². The van der Waals surface area contributed by atoms with Gasteiger partial charge < -0.3 is 15.0 Å². The van der Waals surface area contributed by atoms with Crippen molar-refractivity contribution in [1.29, 1.82) is 0 Å². The first-order chi connectivity index (χ1) is 15.0. The summed E-state index contributed by atoms with van der Waals surface area (Å²) < 4.78 is 4.66. The summed E-state index contributed by atoms with van der Waals surface area (Å²) in [5.74, 6) is -0.343. The zero-order chi connectivity index (χ0) is 22.2. The lowest BCUT2D eigenvalue weighted by molar-refractivity contribution is -0.127. The van der Waals surface area contributed by atoms with Crippen molar-refractivity contribution in [1.82, 2.24) is 4.90 Å². The van der Waals surface area contributed by atoms with Gasteiger partial charge in [0.15, 0.2) is 0 Å². The van der Waals surface area contributed by atoms with E-state index >= 15 is 0 Å². The number of ether oxygens (including phenoxy) is 1. The van der Waals surface area contributed by atoms with E-state index in [1.165, 1.54) is 18.7 Å². The molecule has 0 spiro atoms. The zero-order valence-corrected chi connectivity index (χ0v) is 18.0. The Morgan fingerprint density at radius 3 is 2.29 bits per heavy atom. The second kappa shape index (κ2) is 10.6. The van der Waals surface area contributed by atoms with E-state index in [1.54, 1.807) is 31.2 Å². The van der Waals surface area contributed by atoms with Crippen LogP contribution in [0.1, 0.15) is 35.7 Å². The maximum Gasteiger partial charge on any atom is 0.337 e. The molecule has 1 N–H and O–H groups in total. The van der Waals surface area contributed by atoms with Crippen LogP contribution in [0.5, 0.6) is 0 Å². The van der Waals surface area contributed by atoms with Gasteiger partial charge >= 0.3 is 5.97 Å². The Morgan fingerprint density at radius 1 is 1.03 bits per heavy atom. The van der Waals surface area contributed by atoms with Crippen LogP contribution in [0.2, 0.25) is 0 Å². The Hall–Kier alpha value is -3.41. The summed E-state index contributed by atoms with van der Waals surface area (Å²) in [6.45, 7) is 3.03. The van der Waals surface area contributed by atoms with Gasteiger partial charge in [0.25, 0.3) is 5.91 Å². The first-order valence-electron chi connectivity index (χ1n) is 10.5. The summed E-state index contributed by atoms with van der Waals surface area (Å²) in [7, 11) is 1.31. The summed E-state index contributed by atoms with van der Waals surface area (Å²) in [6.07, 6.45) is 4.36. The van der Waals surface area contributed by atoms with Crippen LogP contribution >= 0.6 is 0 Å². The number of anilines is 1. The average Bonchev–Trinajstić information content (AvgIpc) is 2.80. The number of carbonyl (C=O) groups excluding carboxylic acids is 3. The standard InChI is InChI=1S/C25H28N2O4/c1-18(24(29)26-22-10-8-21(9-11-22)25(30)31-2)16-23(28)27-14-12-20(13-15-27)17-19-6-4-3-5-7-19/h3-11,16,20H,12-15,17H2,1-2H3,(H,26,29)/b18-16+. The molecule has 2 aromatic rings. The lowest BCUT2D eigenvalue weighted by atomic mass is 9.90. The van der Waals surface area contributed by atoms with Crippen molar-refractivity contribution in [3.63, 3.8) is 0 Å². The number of hydrogen-bond acceptors (Lipinski definition) is 4.